The molecule has 1 aromatic carbocycles. The van der Waals surface area contributed by atoms with E-state index in [1.54, 1.807) is 33.0 Å². The average molecular weight is 271 g/mol. The Hall–Kier alpha value is -1.26. The molecule has 0 atom stereocenters. The summed E-state index contributed by atoms with van der Waals surface area (Å²) in [6, 6.07) is 5.04. The molecule has 0 aliphatic rings. The number of nitrogens with one attached hydrogen (secondary N) is 1. The summed E-state index contributed by atoms with van der Waals surface area (Å²) >= 11 is 5.88. The van der Waals surface area contributed by atoms with Gasteiger partial charge in [0.05, 0.1) is 12.1 Å². The number of nitrogens with zero attached hydrogens (tertiary/aromatic N) is 1. The fourth-order valence-corrected chi connectivity index (χ4v) is 1.76. The first-order valence-electron chi connectivity index (χ1n) is 5.70. The van der Waals surface area contributed by atoms with Crippen LogP contribution in [0.25, 0.3) is 0 Å². The Labute approximate surface area is 113 Å². The van der Waals surface area contributed by atoms with E-state index >= 15 is 0 Å². The van der Waals surface area contributed by atoms with Crippen molar-refractivity contribution in [1.82, 2.24) is 4.90 Å². The van der Waals surface area contributed by atoms with Gasteiger partial charge in [-0.05, 0) is 38.5 Å². The summed E-state index contributed by atoms with van der Waals surface area (Å²) in [7, 11) is 1.63. The Morgan fingerprint density at radius 2 is 2.11 bits per heavy atom. The lowest BCUT2D eigenvalue weighted by Crippen LogP contribution is -2.41. The largest absolute Gasteiger partial charge is 0.389 e. The summed E-state index contributed by atoms with van der Waals surface area (Å²) in [5.41, 5.74) is 0.689. The minimum absolute atomic E-state index is 0.248. The molecule has 1 rings (SSSR count). The number of carbonyl (C=O) groups is 1. The summed E-state index contributed by atoms with van der Waals surface area (Å²) in [6.45, 7) is 5.45. The average Bonchev–Trinajstić information content (AvgIpc) is 2.21. The number of aryl methyl sites for hydroxylation is 1. The van der Waals surface area contributed by atoms with Gasteiger partial charge in [-0.2, -0.15) is 0 Å². The highest BCUT2D eigenvalue weighted by atomic mass is 35.5. The molecule has 2 N–H and O–H groups in total. The fraction of sp³-hybridized carbons (Fsp3) is 0.462. The first-order valence-corrected chi connectivity index (χ1v) is 6.07. The van der Waals surface area contributed by atoms with Crippen molar-refractivity contribution in [2.45, 2.75) is 26.4 Å². The third-order valence-corrected chi connectivity index (χ3v) is 2.65. The van der Waals surface area contributed by atoms with Crippen molar-refractivity contribution in [3.63, 3.8) is 0 Å². The molecule has 100 valence electrons. The number of anilines is 1. The molecule has 0 unspecified atom stereocenters. The van der Waals surface area contributed by atoms with Crippen molar-refractivity contribution in [2.75, 3.05) is 18.9 Å². The molecule has 0 saturated carbocycles. The fourth-order valence-electron chi connectivity index (χ4n) is 1.59. The van der Waals surface area contributed by atoms with Crippen molar-refractivity contribution in [3.8, 4) is 0 Å². The molecule has 5 heteroatoms. The monoisotopic (exact) mass is 270 g/mol. The minimum atomic E-state index is -0.921. The molecule has 0 aromatic heterocycles. The lowest BCUT2D eigenvalue weighted by atomic mass is 10.1. The molecule has 0 fully saturated rings. The number of carbonyl (C=O) groups excluding carboxylic acids is 1. The second-order valence-corrected chi connectivity index (χ2v) is 5.49. The first kappa shape index (κ1) is 14.8. The SMILES string of the molecule is Cc1ccc(Cl)cc1NC(=O)N(C)CC(C)(C)O. The molecule has 4 nitrogen and oxygen atoms in total. The molecule has 0 radical (unpaired) electrons. The van der Waals surface area contributed by atoms with E-state index in [2.05, 4.69) is 5.32 Å². The second-order valence-electron chi connectivity index (χ2n) is 5.06. The van der Waals surface area contributed by atoms with Gasteiger partial charge in [0.25, 0.3) is 0 Å². The summed E-state index contributed by atoms with van der Waals surface area (Å²) in [4.78, 5) is 13.3. The van der Waals surface area contributed by atoms with E-state index in [9.17, 15) is 9.90 Å². The Bertz CT molecular complexity index is 441. The molecule has 0 spiro atoms. The maximum Gasteiger partial charge on any atom is 0.321 e. The van der Waals surface area contributed by atoms with Gasteiger partial charge in [0.15, 0.2) is 0 Å². The van der Waals surface area contributed by atoms with Crippen LogP contribution in [-0.2, 0) is 0 Å². The lowest BCUT2D eigenvalue weighted by Gasteiger charge is -2.26. The Balaban J connectivity index is 2.72. The maximum atomic E-state index is 11.9. The van der Waals surface area contributed by atoms with Crippen LogP contribution in [0.5, 0.6) is 0 Å². The zero-order valence-corrected chi connectivity index (χ0v) is 11.9. The Morgan fingerprint density at radius 3 is 2.67 bits per heavy atom. The molecule has 0 saturated heterocycles. The number of rotatable bonds is 3. The molecule has 0 heterocycles. The van der Waals surface area contributed by atoms with Crippen LogP contribution in [0.3, 0.4) is 0 Å². The quantitative estimate of drug-likeness (QED) is 0.887. The maximum absolute atomic E-state index is 11.9. The van der Waals surface area contributed by atoms with Crippen LogP contribution in [-0.4, -0.2) is 35.2 Å². The van der Waals surface area contributed by atoms with E-state index < -0.39 is 5.60 Å². The van der Waals surface area contributed by atoms with Crippen LogP contribution < -0.4 is 5.32 Å². The molecule has 0 bridgehead atoms. The number of benzene rings is 1. The van der Waals surface area contributed by atoms with Gasteiger partial charge in [0.2, 0.25) is 0 Å². The summed E-state index contributed by atoms with van der Waals surface area (Å²) in [5, 5.41) is 13.0. The standard InChI is InChI=1S/C13H19ClN2O2/c1-9-5-6-10(14)7-11(9)15-12(17)16(4)8-13(2,3)18/h5-7,18H,8H2,1-4H3,(H,15,17). The number of amides is 2. The third-order valence-electron chi connectivity index (χ3n) is 2.41. The van der Waals surface area contributed by atoms with Gasteiger partial charge >= 0.3 is 6.03 Å². The second kappa shape index (κ2) is 5.59. The number of aliphatic hydroxyl groups is 1. The topological polar surface area (TPSA) is 52.6 Å². The van der Waals surface area contributed by atoms with Crippen molar-refractivity contribution in [2.24, 2.45) is 0 Å². The number of hydrogen-bond acceptors (Lipinski definition) is 2. The van der Waals surface area contributed by atoms with Crippen LogP contribution in [0.4, 0.5) is 10.5 Å². The van der Waals surface area contributed by atoms with Crippen molar-refractivity contribution in [1.29, 1.82) is 0 Å². The van der Waals surface area contributed by atoms with Gasteiger partial charge in [-0.1, -0.05) is 17.7 Å². The molecular weight excluding hydrogens is 252 g/mol. The predicted octanol–water partition coefficient (Wildman–Crippen LogP) is 2.88. The van der Waals surface area contributed by atoms with Crippen LogP contribution in [0.15, 0.2) is 18.2 Å². The molecular formula is C13H19ClN2O2. The van der Waals surface area contributed by atoms with E-state index in [-0.39, 0.29) is 12.6 Å². The van der Waals surface area contributed by atoms with E-state index in [0.717, 1.165) is 5.56 Å². The van der Waals surface area contributed by atoms with Gasteiger partial charge in [0.1, 0.15) is 0 Å². The van der Waals surface area contributed by atoms with E-state index in [0.29, 0.717) is 10.7 Å². The van der Waals surface area contributed by atoms with Gasteiger partial charge in [-0.3, -0.25) is 0 Å². The van der Waals surface area contributed by atoms with Crippen molar-refractivity contribution in [3.05, 3.63) is 28.8 Å². The number of likely N-dealkylation sites (N-methyl/N-ethyl adjacent to an activating group) is 1. The number of urea groups is 1. The third kappa shape index (κ3) is 4.55. The number of hydrogen-bond donors (Lipinski definition) is 2. The Morgan fingerprint density at radius 1 is 1.50 bits per heavy atom. The van der Waals surface area contributed by atoms with E-state index in [4.69, 9.17) is 11.6 Å². The summed E-state index contributed by atoms with van der Waals surface area (Å²) in [6.07, 6.45) is 0. The smallest absolute Gasteiger partial charge is 0.321 e. The minimum Gasteiger partial charge on any atom is -0.389 e. The highest BCUT2D eigenvalue weighted by molar-refractivity contribution is 6.31. The van der Waals surface area contributed by atoms with E-state index in [1.165, 1.54) is 4.90 Å². The zero-order chi connectivity index (χ0) is 13.9. The first-order chi connectivity index (χ1) is 8.19. The normalized spacial score (nSPS) is 11.2. The summed E-state index contributed by atoms with van der Waals surface area (Å²) < 4.78 is 0. The van der Waals surface area contributed by atoms with Gasteiger partial charge in [-0.15, -0.1) is 0 Å². The van der Waals surface area contributed by atoms with Crippen LogP contribution >= 0.6 is 11.6 Å². The van der Waals surface area contributed by atoms with Gasteiger partial charge < -0.3 is 15.3 Å². The zero-order valence-electron chi connectivity index (χ0n) is 11.1. The van der Waals surface area contributed by atoms with Crippen LogP contribution in [0.1, 0.15) is 19.4 Å². The molecule has 2 amide bonds. The molecule has 18 heavy (non-hydrogen) atoms. The number of halogens is 1. The highest BCUT2D eigenvalue weighted by Gasteiger charge is 2.19. The molecule has 0 aliphatic heterocycles. The predicted molar refractivity (Wildman–Crippen MR) is 74.1 cm³/mol. The van der Waals surface area contributed by atoms with Crippen LogP contribution in [0, 0.1) is 6.92 Å². The van der Waals surface area contributed by atoms with Gasteiger partial charge in [0, 0.05) is 17.8 Å². The van der Waals surface area contributed by atoms with E-state index in [1.807, 2.05) is 13.0 Å². The molecule has 0 aliphatic carbocycles. The highest BCUT2D eigenvalue weighted by Crippen LogP contribution is 2.20. The summed E-state index contributed by atoms with van der Waals surface area (Å²) in [5.74, 6) is 0. The van der Waals surface area contributed by atoms with Crippen molar-refractivity contribution < 1.29 is 9.90 Å². The van der Waals surface area contributed by atoms with Crippen LogP contribution in [0.2, 0.25) is 5.02 Å². The lowest BCUT2D eigenvalue weighted by molar-refractivity contribution is 0.0550. The van der Waals surface area contributed by atoms with Gasteiger partial charge in [-0.25, -0.2) is 4.79 Å². The molecule has 1 aromatic rings. The Kier molecular flexibility index (Phi) is 4.59. The van der Waals surface area contributed by atoms with Crippen molar-refractivity contribution >= 4 is 23.3 Å².